The van der Waals surface area contributed by atoms with Gasteiger partial charge in [-0.1, -0.05) is 26.3 Å². The van der Waals surface area contributed by atoms with Crippen LogP contribution in [0.15, 0.2) is 11.6 Å². The van der Waals surface area contributed by atoms with Gasteiger partial charge in [0.1, 0.15) is 17.6 Å². The average Bonchev–Trinajstić information content (AvgIpc) is 3.45. The van der Waals surface area contributed by atoms with Gasteiger partial charge in [-0.05, 0) is 56.9 Å². The Labute approximate surface area is 223 Å². The highest BCUT2D eigenvalue weighted by atomic mass is 16.6. The van der Waals surface area contributed by atoms with Gasteiger partial charge in [-0.25, -0.2) is 4.90 Å². The van der Waals surface area contributed by atoms with E-state index in [1.807, 2.05) is 13.8 Å². The molecule has 1 N–H and O–H groups in total. The van der Waals surface area contributed by atoms with Gasteiger partial charge in [0.05, 0.1) is 25.7 Å². The predicted molar refractivity (Wildman–Crippen MR) is 133 cm³/mol. The minimum atomic E-state index is -1.11. The molecule has 38 heavy (non-hydrogen) atoms. The summed E-state index contributed by atoms with van der Waals surface area (Å²) < 4.78 is 19.6. The number of ether oxygens (including phenoxy) is 3. The van der Waals surface area contributed by atoms with Crippen LogP contribution in [-0.4, -0.2) is 71.0 Å². The van der Waals surface area contributed by atoms with Crippen molar-refractivity contribution in [2.24, 2.45) is 45.8 Å². The van der Waals surface area contributed by atoms with Crippen LogP contribution in [0.4, 0.5) is 0 Å². The number of piperidine rings is 1. The Morgan fingerprint density at radius 1 is 1.13 bits per heavy atom. The van der Waals surface area contributed by atoms with Crippen molar-refractivity contribution in [3.8, 4) is 0 Å². The molecule has 8 nitrogen and oxygen atoms in total. The summed E-state index contributed by atoms with van der Waals surface area (Å²) in [6.45, 7) is 9.30. The van der Waals surface area contributed by atoms with E-state index >= 15 is 0 Å². The summed E-state index contributed by atoms with van der Waals surface area (Å²) in [5, 5.41) is 12.9. The first-order valence-electron chi connectivity index (χ1n) is 14.6. The number of hydrogen-bond acceptors (Lipinski definition) is 8. The van der Waals surface area contributed by atoms with E-state index < -0.39 is 51.6 Å². The highest BCUT2D eigenvalue weighted by molar-refractivity contribution is 6.00. The Hall–Kier alpha value is -1.61. The number of carbonyl (C=O) groups excluding carboxylic acids is 3. The van der Waals surface area contributed by atoms with E-state index in [0.717, 1.165) is 24.8 Å². The molecule has 8 rings (SSSR count). The summed E-state index contributed by atoms with van der Waals surface area (Å²) in [5.41, 5.74) is -3.13. The molecule has 4 bridgehead atoms. The van der Waals surface area contributed by atoms with Crippen LogP contribution in [0.25, 0.3) is 0 Å². The number of cyclic esters (lactones) is 1. The zero-order valence-electron chi connectivity index (χ0n) is 22.8. The van der Waals surface area contributed by atoms with Crippen LogP contribution in [0.3, 0.4) is 0 Å². The van der Waals surface area contributed by atoms with Crippen LogP contribution in [0.5, 0.6) is 0 Å². The number of allylic oxidation sites excluding steroid dienone is 2. The molecule has 5 aliphatic heterocycles. The van der Waals surface area contributed by atoms with Crippen LogP contribution in [0, 0.1) is 45.8 Å². The van der Waals surface area contributed by atoms with Crippen LogP contribution in [-0.2, 0) is 28.6 Å². The maximum absolute atomic E-state index is 14.6. The Morgan fingerprint density at radius 2 is 1.92 bits per heavy atom. The van der Waals surface area contributed by atoms with Crippen LogP contribution < -0.4 is 0 Å². The third-order valence-corrected chi connectivity index (χ3v) is 13.0. The van der Waals surface area contributed by atoms with Crippen molar-refractivity contribution < 1.29 is 33.7 Å². The summed E-state index contributed by atoms with van der Waals surface area (Å²) >= 11 is 0. The van der Waals surface area contributed by atoms with Crippen molar-refractivity contribution >= 4 is 17.5 Å². The quantitative estimate of drug-likeness (QED) is 0.482. The summed E-state index contributed by atoms with van der Waals surface area (Å²) in [7, 11) is 0. The first kappa shape index (κ1) is 24.2. The van der Waals surface area contributed by atoms with Crippen molar-refractivity contribution in [1.82, 2.24) is 4.90 Å². The summed E-state index contributed by atoms with van der Waals surface area (Å²) in [6.07, 6.45) is 4.87. The zero-order chi connectivity index (χ0) is 26.6. The molecule has 12 atom stereocenters. The van der Waals surface area contributed by atoms with E-state index in [1.165, 1.54) is 0 Å². The van der Waals surface area contributed by atoms with Gasteiger partial charge in [-0.3, -0.25) is 14.4 Å². The lowest BCUT2D eigenvalue weighted by Gasteiger charge is -2.72. The van der Waals surface area contributed by atoms with Crippen molar-refractivity contribution in [1.29, 1.82) is 0 Å². The topological polar surface area (TPSA) is 102 Å². The Kier molecular flexibility index (Phi) is 4.45. The number of ketones is 2. The van der Waals surface area contributed by atoms with E-state index in [2.05, 4.69) is 18.7 Å². The van der Waals surface area contributed by atoms with E-state index in [1.54, 1.807) is 6.08 Å². The molecule has 7 fully saturated rings. The zero-order valence-corrected chi connectivity index (χ0v) is 22.8. The van der Waals surface area contributed by atoms with Gasteiger partial charge in [0.15, 0.2) is 11.5 Å². The molecule has 8 heteroatoms. The van der Waals surface area contributed by atoms with Crippen molar-refractivity contribution in [3.63, 3.8) is 0 Å². The molecule has 0 amide bonds. The van der Waals surface area contributed by atoms with Gasteiger partial charge in [0.25, 0.3) is 0 Å². The smallest absolute Gasteiger partial charge is 0.306 e. The van der Waals surface area contributed by atoms with Crippen molar-refractivity contribution in [2.45, 2.75) is 89.9 Å². The number of Topliss-reactive ketones (excluding diaryl/α,β-unsaturated/α-hetero) is 1. The number of esters is 1. The third-order valence-electron chi connectivity index (χ3n) is 13.0. The Bertz CT molecular complexity index is 1210. The van der Waals surface area contributed by atoms with Crippen molar-refractivity contribution in [2.75, 3.05) is 19.8 Å². The third kappa shape index (κ3) is 2.29. The monoisotopic (exact) mass is 525 g/mol. The van der Waals surface area contributed by atoms with E-state index in [-0.39, 0.29) is 49.2 Å². The lowest BCUT2D eigenvalue weighted by Crippen LogP contribution is -2.83. The van der Waals surface area contributed by atoms with Crippen LogP contribution >= 0.6 is 0 Å². The molecule has 0 aromatic carbocycles. The average molecular weight is 526 g/mol. The molecule has 206 valence electrons. The molecule has 0 aromatic rings. The number of aliphatic hydroxyl groups excluding tert-OH is 1. The molecule has 4 spiro atoms. The summed E-state index contributed by atoms with van der Waals surface area (Å²) in [5.74, 6) is -1.61. The Morgan fingerprint density at radius 3 is 2.66 bits per heavy atom. The first-order valence-corrected chi connectivity index (χ1v) is 14.6. The van der Waals surface area contributed by atoms with Crippen LogP contribution in [0.1, 0.15) is 66.2 Å². The van der Waals surface area contributed by atoms with Gasteiger partial charge >= 0.3 is 5.97 Å². The molecule has 3 aliphatic carbocycles. The second-order valence-electron chi connectivity index (χ2n) is 14.5. The fourth-order valence-electron chi connectivity index (χ4n) is 11.7. The van der Waals surface area contributed by atoms with Crippen LogP contribution in [0.2, 0.25) is 0 Å². The van der Waals surface area contributed by atoms with Crippen molar-refractivity contribution in [3.05, 3.63) is 11.6 Å². The molecule has 0 radical (unpaired) electrons. The number of nitrogens with zero attached hydrogens (tertiary/aromatic N) is 1. The molecule has 2 saturated carbocycles. The first-order chi connectivity index (χ1) is 18.0. The van der Waals surface area contributed by atoms with Gasteiger partial charge in [-0.2, -0.15) is 0 Å². The predicted octanol–water partition coefficient (Wildman–Crippen LogP) is 2.62. The fourth-order valence-corrected chi connectivity index (χ4v) is 11.7. The Balaban J connectivity index is 1.40. The lowest BCUT2D eigenvalue weighted by molar-refractivity contribution is -0.364. The molecular formula is C30H39NO7. The SMILES string of the molecule is CC1=CC(=O)[C@@H]2[C@@H](C1)[C@]13CO[C@@]4([C@H]1O)N1C[C@H]5C[C@H](C)C[C@]1(CC[C@@]4(C)[C@]1(COC(=O)C1)[C@H]3C(=O)[C@@H]2C)O5. The highest BCUT2D eigenvalue weighted by Gasteiger charge is 2.89. The minimum Gasteiger partial charge on any atom is -0.465 e. The normalized spacial score (nSPS) is 58.7. The van der Waals surface area contributed by atoms with Gasteiger partial charge in [0, 0.05) is 40.5 Å². The number of rotatable bonds is 0. The van der Waals surface area contributed by atoms with E-state index in [4.69, 9.17) is 14.2 Å². The van der Waals surface area contributed by atoms with Gasteiger partial charge in [0.2, 0.25) is 0 Å². The second-order valence-corrected chi connectivity index (χ2v) is 14.5. The van der Waals surface area contributed by atoms with Gasteiger partial charge in [-0.15, -0.1) is 0 Å². The lowest BCUT2D eigenvalue weighted by atomic mass is 9.33. The standard InChI is InChI=1S/C30H39NO7/c1-15-8-19-22(20(32)9-15)17(3)23(34)24-27(11-21(33)36-13-27)26(4)5-6-28-10-16(2)7-18(38-28)12-31(28)30(26)25(35)29(19,24)14-37-30/h9,16-19,22,24-25,35H,5-8,10-14H2,1-4H3/t16-,17+,18+,19+,22-,24+,25-,26-,27+,28-,29-,30+/m0/s1. The highest BCUT2D eigenvalue weighted by Crippen LogP contribution is 2.80. The molecule has 0 unspecified atom stereocenters. The summed E-state index contributed by atoms with van der Waals surface area (Å²) in [4.78, 5) is 43.4. The molecular weight excluding hydrogens is 486 g/mol. The molecule has 8 aliphatic rings. The largest absolute Gasteiger partial charge is 0.465 e. The number of hydrogen-bond donors (Lipinski definition) is 1. The number of aliphatic hydroxyl groups is 1. The maximum Gasteiger partial charge on any atom is 0.306 e. The van der Waals surface area contributed by atoms with E-state index in [0.29, 0.717) is 25.3 Å². The van der Waals surface area contributed by atoms with E-state index in [9.17, 15) is 19.5 Å². The molecule has 5 saturated heterocycles. The summed E-state index contributed by atoms with van der Waals surface area (Å²) in [6, 6.07) is 0. The van der Waals surface area contributed by atoms with Gasteiger partial charge < -0.3 is 19.3 Å². The minimum absolute atomic E-state index is 0.00412. The maximum atomic E-state index is 14.6. The number of carbonyl (C=O) groups is 3. The molecule has 0 aromatic heterocycles. The second kappa shape index (κ2) is 6.99. The number of fused-ring (bicyclic) bond motifs is 4. The fraction of sp³-hybridized carbons (Fsp3) is 0.833. The molecule has 5 heterocycles.